The van der Waals surface area contributed by atoms with Crippen LogP contribution in [0.15, 0.2) is 23.2 Å². The third kappa shape index (κ3) is 3.27. The minimum absolute atomic E-state index is 0.0186. The molecule has 0 aromatic heterocycles. The number of nitrogens with one attached hydrogen (secondary N) is 2. The van der Waals surface area contributed by atoms with Gasteiger partial charge in [0.25, 0.3) is 0 Å². The number of carbonyl (C=O) groups excluding carboxylic acids is 1. The summed E-state index contributed by atoms with van der Waals surface area (Å²) in [6.45, 7) is 2.49. The molecule has 5 nitrogen and oxygen atoms in total. The smallest absolute Gasteiger partial charge is 0.220 e. The number of likely N-dealkylation sites (tertiary alicyclic amines) is 1. The predicted octanol–water partition coefficient (Wildman–Crippen LogP) is 2.51. The second kappa shape index (κ2) is 6.72. The van der Waals surface area contributed by atoms with E-state index in [2.05, 4.69) is 20.5 Å². The Labute approximate surface area is 158 Å². The molecule has 1 saturated carbocycles. The summed E-state index contributed by atoms with van der Waals surface area (Å²) < 4.78 is 14.1. The zero-order valence-electron chi connectivity index (χ0n) is 14.9. The van der Waals surface area contributed by atoms with E-state index in [1.165, 1.54) is 6.07 Å². The largest absolute Gasteiger partial charge is 0.355 e. The van der Waals surface area contributed by atoms with E-state index in [0.29, 0.717) is 17.0 Å². The van der Waals surface area contributed by atoms with Gasteiger partial charge in [-0.1, -0.05) is 17.7 Å². The molecule has 0 bridgehead atoms. The third-order valence-electron chi connectivity index (χ3n) is 5.84. The topological polar surface area (TPSA) is 56.7 Å². The van der Waals surface area contributed by atoms with Crippen LogP contribution in [0.5, 0.6) is 0 Å². The van der Waals surface area contributed by atoms with Gasteiger partial charge >= 0.3 is 0 Å². The van der Waals surface area contributed by atoms with Gasteiger partial charge in [0.2, 0.25) is 5.91 Å². The van der Waals surface area contributed by atoms with Crippen molar-refractivity contribution in [3.8, 4) is 0 Å². The SMILES string of the molecule is CN=C(NC1CC1c1c(F)cccc1Cl)N1CCCC2(CNC(=O)C2)C1. The van der Waals surface area contributed by atoms with Gasteiger partial charge in [0.05, 0.1) is 0 Å². The standard InChI is InChI=1S/C19H24ClFN4O/c1-22-18(25-7-3-6-19(11-25)9-16(26)23-10-19)24-15-8-12(15)17-13(20)4-2-5-14(17)21/h2,4-5,12,15H,3,6-11H2,1H3,(H,22,24)(H,23,26). The molecular formula is C19H24ClFN4O. The molecule has 2 saturated heterocycles. The molecule has 26 heavy (non-hydrogen) atoms. The van der Waals surface area contributed by atoms with E-state index < -0.39 is 0 Å². The van der Waals surface area contributed by atoms with Gasteiger partial charge in [-0.05, 0) is 31.4 Å². The van der Waals surface area contributed by atoms with E-state index in [1.54, 1.807) is 19.2 Å². The maximum absolute atomic E-state index is 14.1. The highest BCUT2D eigenvalue weighted by Gasteiger charge is 2.45. The van der Waals surface area contributed by atoms with Crippen LogP contribution in [0.4, 0.5) is 4.39 Å². The Morgan fingerprint density at radius 1 is 1.50 bits per heavy atom. The molecule has 1 amide bonds. The van der Waals surface area contributed by atoms with Crippen molar-refractivity contribution in [1.82, 2.24) is 15.5 Å². The lowest BCUT2D eigenvalue weighted by atomic mass is 9.79. The molecule has 3 atom stereocenters. The van der Waals surface area contributed by atoms with E-state index in [4.69, 9.17) is 11.6 Å². The number of aliphatic imine (C=N–C) groups is 1. The van der Waals surface area contributed by atoms with Crippen molar-refractivity contribution in [2.45, 2.75) is 37.6 Å². The number of rotatable bonds is 2. The van der Waals surface area contributed by atoms with Crippen molar-refractivity contribution in [1.29, 1.82) is 0 Å². The summed E-state index contributed by atoms with van der Waals surface area (Å²) in [6.07, 6.45) is 3.55. The van der Waals surface area contributed by atoms with Gasteiger partial charge in [-0.15, -0.1) is 0 Å². The summed E-state index contributed by atoms with van der Waals surface area (Å²) >= 11 is 6.20. The van der Waals surface area contributed by atoms with Gasteiger partial charge in [0.15, 0.2) is 5.96 Å². The van der Waals surface area contributed by atoms with E-state index in [9.17, 15) is 9.18 Å². The lowest BCUT2D eigenvalue weighted by Crippen LogP contribution is -2.51. The number of halogens is 2. The van der Waals surface area contributed by atoms with Crippen LogP contribution in [0.2, 0.25) is 5.02 Å². The predicted molar refractivity (Wildman–Crippen MR) is 99.9 cm³/mol. The minimum atomic E-state index is -0.241. The highest BCUT2D eigenvalue weighted by molar-refractivity contribution is 6.31. The molecule has 1 aromatic rings. The van der Waals surface area contributed by atoms with Crippen molar-refractivity contribution >= 4 is 23.5 Å². The molecule has 2 aliphatic heterocycles. The molecule has 3 fully saturated rings. The van der Waals surface area contributed by atoms with Gasteiger partial charge in [0.1, 0.15) is 5.82 Å². The molecule has 1 aromatic carbocycles. The fourth-order valence-electron chi connectivity index (χ4n) is 4.43. The average Bonchev–Trinajstić information content (AvgIpc) is 3.27. The Morgan fingerprint density at radius 2 is 2.35 bits per heavy atom. The first-order valence-corrected chi connectivity index (χ1v) is 9.58. The first-order valence-electron chi connectivity index (χ1n) is 9.20. The summed E-state index contributed by atoms with van der Waals surface area (Å²) in [5.41, 5.74) is 0.618. The van der Waals surface area contributed by atoms with Gasteiger partial charge in [-0.25, -0.2) is 4.39 Å². The second-order valence-electron chi connectivity index (χ2n) is 7.75. The molecule has 140 valence electrons. The molecule has 4 rings (SSSR count). The summed E-state index contributed by atoms with van der Waals surface area (Å²) in [4.78, 5) is 18.4. The normalized spacial score (nSPS) is 31.3. The van der Waals surface area contributed by atoms with Crippen LogP contribution in [0.3, 0.4) is 0 Å². The summed E-state index contributed by atoms with van der Waals surface area (Å²) in [6, 6.07) is 4.98. The van der Waals surface area contributed by atoms with Crippen molar-refractivity contribution in [3.63, 3.8) is 0 Å². The maximum Gasteiger partial charge on any atom is 0.220 e. The van der Waals surface area contributed by atoms with Crippen LogP contribution >= 0.6 is 11.6 Å². The lowest BCUT2D eigenvalue weighted by molar-refractivity contribution is -0.119. The van der Waals surface area contributed by atoms with Crippen molar-refractivity contribution in [2.75, 3.05) is 26.7 Å². The van der Waals surface area contributed by atoms with Gasteiger partial charge in [-0.2, -0.15) is 0 Å². The van der Waals surface area contributed by atoms with E-state index in [-0.39, 0.29) is 29.1 Å². The quantitative estimate of drug-likeness (QED) is 0.614. The summed E-state index contributed by atoms with van der Waals surface area (Å²) in [7, 11) is 1.77. The Hall–Kier alpha value is -1.82. The van der Waals surface area contributed by atoms with Crippen molar-refractivity contribution in [2.24, 2.45) is 10.4 Å². The molecule has 3 unspecified atom stereocenters. The number of hydrogen-bond donors (Lipinski definition) is 2. The van der Waals surface area contributed by atoms with Crippen molar-refractivity contribution in [3.05, 3.63) is 34.6 Å². The fraction of sp³-hybridized carbons (Fsp3) is 0.579. The minimum Gasteiger partial charge on any atom is -0.355 e. The zero-order chi connectivity index (χ0) is 18.3. The van der Waals surface area contributed by atoms with Gasteiger partial charge in [-0.3, -0.25) is 9.79 Å². The van der Waals surface area contributed by atoms with Crippen LogP contribution in [0.1, 0.15) is 37.2 Å². The van der Waals surface area contributed by atoms with Crippen LogP contribution in [-0.4, -0.2) is 49.5 Å². The number of guanidine groups is 1. The van der Waals surface area contributed by atoms with Gasteiger partial charge in [0, 0.05) is 61.1 Å². The Bertz CT molecular complexity index is 735. The fourth-order valence-corrected chi connectivity index (χ4v) is 4.73. The number of benzene rings is 1. The first kappa shape index (κ1) is 17.6. The Kier molecular flexibility index (Phi) is 4.55. The Morgan fingerprint density at radius 3 is 3.04 bits per heavy atom. The number of carbonyl (C=O) groups is 1. The van der Waals surface area contributed by atoms with Crippen LogP contribution < -0.4 is 10.6 Å². The molecule has 0 radical (unpaired) electrons. The van der Waals surface area contributed by atoms with E-state index >= 15 is 0 Å². The van der Waals surface area contributed by atoms with Crippen LogP contribution in [0.25, 0.3) is 0 Å². The van der Waals surface area contributed by atoms with E-state index in [1.807, 2.05) is 0 Å². The Balaban J connectivity index is 1.42. The highest BCUT2D eigenvalue weighted by Crippen LogP contribution is 2.45. The van der Waals surface area contributed by atoms with Crippen LogP contribution in [0, 0.1) is 11.2 Å². The number of hydrogen-bond acceptors (Lipinski definition) is 2. The summed E-state index contributed by atoms with van der Waals surface area (Å²) in [5.74, 6) is 0.817. The van der Waals surface area contributed by atoms with E-state index in [0.717, 1.165) is 44.9 Å². The van der Waals surface area contributed by atoms with Crippen LogP contribution in [-0.2, 0) is 4.79 Å². The maximum atomic E-state index is 14.1. The zero-order valence-corrected chi connectivity index (χ0v) is 15.7. The van der Waals surface area contributed by atoms with Crippen molar-refractivity contribution < 1.29 is 9.18 Å². The molecule has 2 heterocycles. The molecule has 1 aliphatic carbocycles. The third-order valence-corrected chi connectivity index (χ3v) is 6.17. The number of piperidine rings is 1. The number of nitrogens with zero attached hydrogens (tertiary/aromatic N) is 2. The first-order chi connectivity index (χ1) is 12.5. The molecule has 2 N–H and O–H groups in total. The average molecular weight is 379 g/mol. The number of amides is 1. The van der Waals surface area contributed by atoms with Gasteiger partial charge < -0.3 is 15.5 Å². The highest BCUT2D eigenvalue weighted by atomic mass is 35.5. The summed E-state index contributed by atoms with van der Waals surface area (Å²) in [5, 5.41) is 6.93. The monoisotopic (exact) mass is 378 g/mol. The molecular weight excluding hydrogens is 355 g/mol. The second-order valence-corrected chi connectivity index (χ2v) is 8.16. The molecule has 7 heteroatoms. The molecule has 3 aliphatic rings. The molecule has 1 spiro atoms. The lowest BCUT2D eigenvalue weighted by Gasteiger charge is -2.40.